The van der Waals surface area contributed by atoms with E-state index in [0.717, 1.165) is 12.8 Å². The zero-order valence-corrected chi connectivity index (χ0v) is 16.3. The molecule has 0 aromatic carbocycles. The summed E-state index contributed by atoms with van der Waals surface area (Å²) in [5, 5.41) is 16.2. The molecule has 0 aliphatic rings. The lowest BCUT2D eigenvalue weighted by Gasteiger charge is -2.09. The van der Waals surface area contributed by atoms with Crippen molar-refractivity contribution in [3.05, 3.63) is 0 Å². The summed E-state index contributed by atoms with van der Waals surface area (Å²) in [5.74, 6) is -2.45. The first-order chi connectivity index (χ1) is 11.5. The quantitative estimate of drug-likeness (QED) is 0.571. The van der Waals surface area contributed by atoms with E-state index in [9.17, 15) is 19.2 Å². The van der Waals surface area contributed by atoms with Crippen molar-refractivity contribution in [2.75, 3.05) is 0 Å². The Bertz CT molecular complexity index is 351. The van der Waals surface area contributed by atoms with Crippen LogP contribution in [0.1, 0.15) is 80.1 Å². The first-order valence-electron chi connectivity index (χ1n) is 8.58. The van der Waals surface area contributed by atoms with Crippen LogP contribution in [0, 0.1) is 0 Å². The monoisotopic (exact) mass is 362 g/mol. The molecule has 148 valence electrons. The fourth-order valence-electron chi connectivity index (χ4n) is 1.62. The Morgan fingerprint density at radius 2 is 1.00 bits per heavy atom. The van der Waals surface area contributed by atoms with Gasteiger partial charge >= 0.3 is 11.9 Å². The molecular weight excluding hydrogens is 328 g/mol. The van der Waals surface area contributed by atoms with Crippen LogP contribution in [0.5, 0.6) is 0 Å². The molecule has 25 heavy (non-hydrogen) atoms. The zero-order valence-electron chi connectivity index (χ0n) is 16.3. The molecule has 0 aliphatic carbocycles. The van der Waals surface area contributed by atoms with Crippen molar-refractivity contribution in [1.82, 2.24) is 0 Å². The van der Waals surface area contributed by atoms with Crippen LogP contribution >= 0.6 is 0 Å². The Labute approximate surface area is 150 Å². The maximum absolute atomic E-state index is 10.5. The van der Waals surface area contributed by atoms with E-state index in [0.29, 0.717) is 25.0 Å². The van der Waals surface area contributed by atoms with Gasteiger partial charge in [0.25, 0.3) is 0 Å². The van der Waals surface area contributed by atoms with Gasteiger partial charge in [0.1, 0.15) is 24.4 Å². The molecule has 0 unspecified atom stereocenters. The SMILES string of the molecule is CC(C)OC(C)C.CCCC(=O)CC(=O)O.CCCC(=O)CC(=O)O. The number of carbonyl (C=O) groups excluding carboxylic acids is 2. The van der Waals surface area contributed by atoms with Gasteiger partial charge in [-0.25, -0.2) is 0 Å². The predicted octanol–water partition coefficient (Wildman–Crippen LogP) is 3.48. The average molecular weight is 362 g/mol. The molecule has 0 radical (unpaired) electrons. The smallest absolute Gasteiger partial charge is 0.310 e. The van der Waals surface area contributed by atoms with Crippen molar-refractivity contribution in [2.24, 2.45) is 0 Å². The molecule has 0 amide bonds. The first-order valence-corrected chi connectivity index (χ1v) is 8.58. The number of Topliss-reactive ketones (excluding diaryl/α,β-unsaturated/α-hetero) is 2. The highest BCUT2D eigenvalue weighted by molar-refractivity contribution is 5.95. The van der Waals surface area contributed by atoms with Gasteiger partial charge in [-0.1, -0.05) is 13.8 Å². The standard InChI is InChI=1S/2C6H10O3.C6H14O/c2*1-2-3-5(7)4-6(8)9;1-5(2)7-6(3)4/h2*2-4H2,1H3,(H,8,9);5-6H,1-4H3. The molecule has 0 heterocycles. The molecule has 0 rings (SSSR count). The van der Waals surface area contributed by atoms with Crippen molar-refractivity contribution in [3.63, 3.8) is 0 Å². The number of carboxylic acid groups (broad SMARTS) is 2. The minimum absolute atomic E-state index is 0.190. The molecule has 2 N–H and O–H groups in total. The second-order valence-electron chi connectivity index (χ2n) is 5.95. The van der Waals surface area contributed by atoms with Gasteiger partial charge < -0.3 is 14.9 Å². The summed E-state index contributed by atoms with van der Waals surface area (Å²) in [4.78, 5) is 40.7. The first kappa shape index (κ1) is 28.1. The Kier molecular flexibility index (Phi) is 20.9. The summed E-state index contributed by atoms with van der Waals surface area (Å²) in [7, 11) is 0. The van der Waals surface area contributed by atoms with Crippen LogP contribution in [0.4, 0.5) is 0 Å². The van der Waals surface area contributed by atoms with Gasteiger partial charge in [0.15, 0.2) is 0 Å². The van der Waals surface area contributed by atoms with Crippen molar-refractivity contribution < 1.29 is 34.1 Å². The van der Waals surface area contributed by atoms with E-state index >= 15 is 0 Å². The third kappa shape index (κ3) is 34.5. The van der Waals surface area contributed by atoms with Gasteiger partial charge in [-0.2, -0.15) is 0 Å². The molecule has 0 saturated carbocycles. The van der Waals surface area contributed by atoms with Crippen molar-refractivity contribution in [3.8, 4) is 0 Å². The third-order valence-electron chi connectivity index (χ3n) is 2.30. The number of carbonyl (C=O) groups is 4. The van der Waals surface area contributed by atoms with E-state index in [1.165, 1.54) is 0 Å². The lowest BCUT2D eigenvalue weighted by molar-refractivity contribution is -0.141. The predicted molar refractivity (Wildman–Crippen MR) is 95.7 cm³/mol. The third-order valence-corrected chi connectivity index (χ3v) is 2.30. The molecular formula is C18H34O7. The lowest BCUT2D eigenvalue weighted by atomic mass is 10.2. The normalized spacial score (nSPS) is 9.60. The number of hydrogen-bond acceptors (Lipinski definition) is 5. The minimum Gasteiger partial charge on any atom is -0.481 e. The summed E-state index contributed by atoms with van der Waals surface area (Å²) in [6.07, 6.45) is 2.32. The topological polar surface area (TPSA) is 118 Å². The van der Waals surface area contributed by atoms with E-state index in [4.69, 9.17) is 14.9 Å². The summed E-state index contributed by atoms with van der Waals surface area (Å²) in [6, 6.07) is 0. The summed E-state index contributed by atoms with van der Waals surface area (Å²) in [6.45, 7) is 11.9. The summed E-state index contributed by atoms with van der Waals surface area (Å²) in [5.41, 5.74) is 0. The maximum atomic E-state index is 10.5. The number of hydrogen-bond donors (Lipinski definition) is 2. The second-order valence-corrected chi connectivity index (χ2v) is 5.95. The zero-order chi connectivity index (χ0) is 20.4. The van der Waals surface area contributed by atoms with E-state index in [2.05, 4.69) is 0 Å². The van der Waals surface area contributed by atoms with Gasteiger partial charge in [-0.3, -0.25) is 19.2 Å². The maximum Gasteiger partial charge on any atom is 0.310 e. The molecule has 7 nitrogen and oxygen atoms in total. The van der Waals surface area contributed by atoms with Crippen LogP contribution in [0.15, 0.2) is 0 Å². The van der Waals surface area contributed by atoms with Crippen LogP contribution in [0.3, 0.4) is 0 Å². The lowest BCUT2D eigenvalue weighted by Crippen LogP contribution is -2.09. The Morgan fingerprint density at radius 1 is 0.720 bits per heavy atom. The van der Waals surface area contributed by atoms with Crippen molar-refractivity contribution in [1.29, 1.82) is 0 Å². The molecule has 0 aliphatic heterocycles. The van der Waals surface area contributed by atoms with Crippen molar-refractivity contribution in [2.45, 2.75) is 92.3 Å². The highest BCUT2D eigenvalue weighted by atomic mass is 16.5. The van der Waals surface area contributed by atoms with E-state index in [-0.39, 0.29) is 24.4 Å². The molecule has 0 atom stereocenters. The van der Waals surface area contributed by atoms with Gasteiger partial charge in [-0.05, 0) is 40.5 Å². The molecule has 0 aromatic heterocycles. The molecule has 0 bridgehead atoms. The average Bonchev–Trinajstić information content (AvgIpc) is 2.36. The Hall–Kier alpha value is -1.76. The fourth-order valence-corrected chi connectivity index (χ4v) is 1.62. The van der Waals surface area contributed by atoms with Gasteiger partial charge in [0, 0.05) is 12.8 Å². The fraction of sp³-hybridized carbons (Fsp3) is 0.778. The van der Waals surface area contributed by atoms with Crippen LogP contribution in [0.25, 0.3) is 0 Å². The van der Waals surface area contributed by atoms with Crippen LogP contribution in [-0.4, -0.2) is 45.9 Å². The van der Waals surface area contributed by atoms with Crippen molar-refractivity contribution >= 4 is 23.5 Å². The molecule has 7 heteroatoms. The van der Waals surface area contributed by atoms with Crippen LogP contribution in [0.2, 0.25) is 0 Å². The Morgan fingerprint density at radius 3 is 1.12 bits per heavy atom. The Balaban J connectivity index is -0.000000293. The number of rotatable bonds is 10. The summed E-state index contributed by atoms with van der Waals surface area (Å²) < 4.78 is 5.25. The van der Waals surface area contributed by atoms with Gasteiger partial charge in [0.2, 0.25) is 0 Å². The number of carboxylic acids is 2. The van der Waals surface area contributed by atoms with E-state index in [1.807, 2.05) is 41.5 Å². The second kappa shape index (κ2) is 18.6. The van der Waals surface area contributed by atoms with E-state index in [1.54, 1.807) is 0 Å². The number of ketones is 2. The number of ether oxygens (including phenoxy) is 1. The van der Waals surface area contributed by atoms with Crippen LogP contribution in [-0.2, 0) is 23.9 Å². The highest BCUT2D eigenvalue weighted by Gasteiger charge is 2.05. The molecule has 0 fully saturated rings. The van der Waals surface area contributed by atoms with Gasteiger partial charge in [-0.15, -0.1) is 0 Å². The minimum atomic E-state index is -1.03. The molecule has 0 spiro atoms. The van der Waals surface area contributed by atoms with Crippen LogP contribution < -0.4 is 0 Å². The molecule has 0 aromatic rings. The largest absolute Gasteiger partial charge is 0.481 e. The van der Waals surface area contributed by atoms with Gasteiger partial charge in [0.05, 0.1) is 12.2 Å². The molecule has 0 saturated heterocycles. The number of aliphatic carboxylic acids is 2. The highest BCUT2D eigenvalue weighted by Crippen LogP contribution is 1.94. The van der Waals surface area contributed by atoms with E-state index < -0.39 is 11.9 Å². The summed E-state index contributed by atoms with van der Waals surface area (Å²) >= 11 is 0.